The molecule has 0 radical (unpaired) electrons. The highest BCUT2D eigenvalue weighted by molar-refractivity contribution is 6.30. The third-order valence-electron chi connectivity index (χ3n) is 5.41. The van der Waals surface area contributed by atoms with Crippen molar-refractivity contribution in [2.24, 2.45) is 5.92 Å². The van der Waals surface area contributed by atoms with Crippen LogP contribution in [0.5, 0.6) is 0 Å². The van der Waals surface area contributed by atoms with Gasteiger partial charge in [0.2, 0.25) is 5.91 Å². The van der Waals surface area contributed by atoms with Gasteiger partial charge in [0.15, 0.2) is 0 Å². The third kappa shape index (κ3) is 3.88. The first-order chi connectivity index (χ1) is 11.7. The van der Waals surface area contributed by atoms with Gasteiger partial charge in [-0.25, -0.2) is 5.43 Å². The number of nitrogens with zero attached hydrogens (tertiary/aromatic N) is 2. The molecule has 3 N–H and O–H groups in total. The molecule has 0 saturated carbocycles. The van der Waals surface area contributed by atoms with E-state index in [0.29, 0.717) is 12.0 Å². The molecular formula is C17H25Cl2N5O. The maximum absolute atomic E-state index is 12.9. The predicted molar refractivity (Wildman–Crippen MR) is 102 cm³/mol. The summed E-state index contributed by atoms with van der Waals surface area (Å²) >= 11 is 6.08. The number of benzene rings is 1. The molecule has 0 bridgehead atoms. The first-order valence-electron chi connectivity index (χ1n) is 8.73. The van der Waals surface area contributed by atoms with Gasteiger partial charge in [-0.2, -0.15) is 0 Å². The first kappa shape index (κ1) is 18.7. The lowest BCUT2D eigenvalue weighted by molar-refractivity contribution is -0.134. The van der Waals surface area contributed by atoms with E-state index in [1.165, 1.54) is 0 Å². The maximum atomic E-state index is 12.9. The minimum absolute atomic E-state index is 0. The normalized spacial score (nSPS) is 29.1. The topological polar surface area (TPSA) is 59.6 Å². The van der Waals surface area contributed by atoms with E-state index in [1.807, 2.05) is 23.1 Å². The number of hydrazine groups is 1. The molecular weight excluding hydrogens is 361 g/mol. The summed E-state index contributed by atoms with van der Waals surface area (Å²) < 4.78 is 0. The Kier molecular flexibility index (Phi) is 6.07. The van der Waals surface area contributed by atoms with Crippen molar-refractivity contribution in [3.63, 3.8) is 0 Å². The van der Waals surface area contributed by atoms with Crippen molar-refractivity contribution in [3.05, 3.63) is 29.3 Å². The number of amides is 1. The van der Waals surface area contributed by atoms with Crippen LogP contribution in [-0.4, -0.2) is 62.2 Å². The SMILES string of the molecule is Cl.O=C(C1NNC2CCNCC21)N1CCN(c2cccc(Cl)c2)CC1. The Morgan fingerprint density at radius 3 is 2.72 bits per heavy atom. The quantitative estimate of drug-likeness (QED) is 0.704. The van der Waals surface area contributed by atoms with Crippen molar-refractivity contribution in [2.45, 2.75) is 18.5 Å². The standard InChI is InChI=1S/C17H24ClN5O.ClH/c18-12-2-1-3-13(10-12)22-6-8-23(9-7-22)17(24)16-14-11-19-5-4-15(14)20-21-16;/h1-3,10,14-16,19-21H,4-9,11H2;1H. The van der Waals surface area contributed by atoms with Gasteiger partial charge in [-0.15, -0.1) is 12.4 Å². The molecule has 0 aliphatic carbocycles. The van der Waals surface area contributed by atoms with E-state index in [2.05, 4.69) is 27.1 Å². The van der Waals surface area contributed by atoms with Crippen molar-refractivity contribution in [1.29, 1.82) is 0 Å². The molecule has 0 aromatic heterocycles. The highest BCUT2D eigenvalue weighted by Gasteiger charge is 2.43. The van der Waals surface area contributed by atoms with Gasteiger partial charge in [-0.3, -0.25) is 10.2 Å². The van der Waals surface area contributed by atoms with Gasteiger partial charge in [0.05, 0.1) is 0 Å². The molecule has 1 aromatic carbocycles. The average molecular weight is 386 g/mol. The Labute approximate surface area is 159 Å². The molecule has 8 heteroatoms. The van der Waals surface area contributed by atoms with E-state index >= 15 is 0 Å². The predicted octanol–water partition coefficient (Wildman–Crippen LogP) is 0.865. The summed E-state index contributed by atoms with van der Waals surface area (Å²) in [5.74, 6) is 0.571. The number of nitrogens with one attached hydrogen (secondary N) is 3. The minimum Gasteiger partial charge on any atom is -0.368 e. The smallest absolute Gasteiger partial charge is 0.241 e. The highest BCUT2D eigenvalue weighted by atomic mass is 35.5. The van der Waals surface area contributed by atoms with Crippen LogP contribution in [0.1, 0.15) is 6.42 Å². The van der Waals surface area contributed by atoms with E-state index in [9.17, 15) is 4.79 Å². The molecule has 3 aliphatic rings. The summed E-state index contributed by atoms with van der Waals surface area (Å²) in [5.41, 5.74) is 7.67. The van der Waals surface area contributed by atoms with Gasteiger partial charge >= 0.3 is 0 Å². The largest absolute Gasteiger partial charge is 0.368 e. The number of hydrogen-bond acceptors (Lipinski definition) is 5. The molecule has 3 atom stereocenters. The zero-order valence-corrected chi connectivity index (χ0v) is 15.7. The Hall–Kier alpha value is -1.05. The number of rotatable bonds is 2. The summed E-state index contributed by atoms with van der Waals surface area (Å²) in [5, 5.41) is 4.16. The maximum Gasteiger partial charge on any atom is 0.241 e. The van der Waals surface area contributed by atoms with Crippen LogP contribution in [0.3, 0.4) is 0 Å². The second-order valence-electron chi connectivity index (χ2n) is 6.82. The third-order valence-corrected chi connectivity index (χ3v) is 5.65. The van der Waals surface area contributed by atoms with E-state index < -0.39 is 0 Å². The summed E-state index contributed by atoms with van der Waals surface area (Å²) in [6.45, 7) is 5.14. The molecule has 1 amide bonds. The molecule has 3 saturated heterocycles. The van der Waals surface area contributed by atoms with Crippen molar-refractivity contribution in [2.75, 3.05) is 44.2 Å². The monoisotopic (exact) mass is 385 g/mol. The Morgan fingerprint density at radius 1 is 1.16 bits per heavy atom. The molecule has 4 rings (SSSR count). The summed E-state index contributed by atoms with van der Waals surface area (Å²) in [4.78, 5) is 17.2. The molecule has 3 aliphatic heterocycles. The molecule has 3 fully saturated rings. The number of hydrogen-bond donors (Lipinski definition) is 3. The number of anilines is 1. The van der Waals surface area contributed by atoms with Crippen LogP contribution in [0.4, 0.5) is 5.69 Å². The molecule has 0 spiro atoms. The minimum atomic E-state index is -0.111. The Morgan fingerprint density at radius 2 is 1.96 bits per heavy atom. The van der Waals surface area contributed by atoms with E-state index in [-0.39, 0.29) is 24.4 Å². The molecule has 6 nitrogen and oxygen atoms in total. The van der Waals surface area contributed by atoms with Gasteiger partial charge in [0.25, 0.3) is 0 Å². The van der Waals surface area contributed by atoms with Crippen LogP contribution < -0.4 is 21.1 Å². The fraction of sp³-hybridized carbons (Fsp3) is 0.588. The molecule has 3 heterocycles. The molecule has 25 heavy (non-hydrogen) atoms. The average Bonchev–Trinajstić information content (AvgIpc) is 3.05. The fourth-order valence-electron chi connectivity index (χ4n) is 4.02. The van der Waals surface area contributed by atoms with Crippen molar-refractivity contribution < 1.29 is 4.79 Å². The zero-order chi connectivity index (χ0) is 16.5. The number of piperazine rings is 1. The second kappa shape index (κ2) is 8.10. The molecule has 3 unspecified atom stereocenters. The zero-order valence-electron chi connectivity index (χ0n) is 14.1. The Balaban J connectivity index is 0.00000182. The first-order valence-corrected chi connectivity index (χ1v) is 9.11. The van der Waals surface area contributed by atoms with Crippen LogP contribution in [-0.2, 0) is 4.79 Å². The van der Waals surface area contributed by atoms with E-state index in [4.69, 9.17) is 11.6 Å². The van der Waals surface area contributed by atoms with Crippen LogP contribution in [0.2, 0.25) is 5.02 Å². The summed E-state index contributed by atoms with van der Waals surface area (Å²) in [7, 11) is 0. The molecule has 1 aromatic rings. The van der Waals surface area contributed by atoms with E-state index in [1.54, 1.807) is 0 Å². The van der Waals surface area contributed by atoms with Crippen molar-refractivity contribution >= 4 is 35.6 Å². The van der Waals surface area contributed by atoms with Crippen LogP contribution in [0, 0.1) is 5.92 Å². The lowest BCUT2D eigenvalue weighted by atomic mass is 9.89. The molecule has 138 valence electrons. The Bertz CT molecular complexity index is 608. The van der Waals surface area contributed by atoms with Crippen molar-refractivity contribution in [3.8, 4) is 0 Å². The lowest BCUT2D eigenvalue weighted by Gasteiger charge is -2.38. The summed E-state index contributed by atoms with van der Waals surface area (Å²) in [6.07, 6.45) is 1.07. The number of piperidine rings is 1. The van der Waals surface area contributed by atoms with Gasteiger partial charge < -0.3 is 15.1 Å². The van der Waals surface area contributed by atoms with Gasteiger partial charge in [0.1, 0.15) is 6.04 Å². The van der Waals surface area contributed by atoms with Crippen molar-refractivity contribution in [1.82, 2.24) is 21.1 Å². The second-order valence-corrected chi connectivity index (χ2v) is 7.26. The van der Waals surface area contributed by atoms with Gasteiger partial charge in [0, 0.05) is 55.4 Å². The van der Waals surface area contributed by atoms with Crippen LogP contribution in [0.15, 0.2) is 24.3 Å². The van der Waals surface area contributed by atoms with Crippen LogP contribution in [0.25, 0.3) is 0 Å². The number of carbonyl (C=O) groups excluding carboxylic acids is 1. The highest BCUT2D eigenvalue weighted by Crippen LogP contribution is 2.24. The summed E-state index contributed by atoms with van der Waals surface area (Å²) in [6, 6.07) is 8.22. The number of fused-ring (bicyclic) bond motifs is 1. The number of halogens is 2. The van der Waals surface area contributed by atoms with Crippen LogP contribution >= 0.6 is 24.0 Å². The van der Waals surface area contributed by atoms with Gasteiger partial charge in [-0.05, 0) is 31.2 Å². The fourth-order valence-corrected chi connectivity index (χ4v) is 4.20. The lowest BCUT2D eigenvalue weighted by Crippen LogP contribution is -2.56. The number of carbonyl (C=O) groups is 1. The van der Waals surface area contributed by atoms with Gasteiger partial charge in [-0.1, -0.05) is 17.7 Å². The van der Waals surface area contributed by atoms with E-state index in [0.717, 1.165) is 56.4 Å².